The number of hydrogen-bond donors (Lipinski definition) is 1. The van der Waals surface area contributed by atoms with Crippen LogP contribution in [0, 0.1) is 6.92 Å². The van der Waals surface area contributed by atoms with Gasteiger partial charge in [-0.25, -0.2) is 0 Å². The first-order valence-corrected chi connectivity index (χ1v) is 5.45. The number of carbonyl (C=O) groups excluding carboxylic acids is 1. The molecule has 0 aliphatic heterocycles. The number of methoxy groups -OCH3 is 1. The maximum absolute atomic E-state index is 11.3. The van der Waals surface area contributed by atoms with Crippen molar-refractivity contribution in [2.75, 3.05) is 7.11 Å². The summed E-state index contributed by atoms with van der Waals surface area (Å²) in [7, 11) is 1.40. The highest BCUT2D eigenvalue weighted by atomic mass is 16.5. The minimum Gasteiger partial charge on any atom is -0.468 e. The lowest BCUT2D eigenvalue weighted by Gasteiger charge is -2.20. The van der Waals surface area contributed by atoms with Gasteiger partial charge in [0.05, 0.1) is 7.11 Å². The Hall–Kier alpha value is -1.35. The molecule has 1 unspecified atom stereocenters. The van der Waals surface area contributed by atoms with E-state index in [0.29, 0.717) is 0 Å². The van der Waals surface area contributed by atoms with Crippen molar-refractivity contribution in [3.05, 3.63) is 35.4 Å². The topological polar surface area (TPSA) is 38.3 Å². The van der Waals surface area contributed by atoms with Gasteiger partial charge in [-0.15, -0.1) is 0 Å². The second-order valence-corrected chi connectivity index (χ2v) is 3.99. The van der Waals surface area contributed by atoms with Crippen LogP contribution in [0.4, 0.5) is 0 Å². The van der Waals surface area contributed by atoms with E-state index in [1.807, 2.05) is 19.1 Å². The van der Waals surface area contributed by atoms with Crippen molar-refractivity contribution in [1.82, 2.24) is 5.32 Å². The van der Waals surface area contributed by atoms with Crippen LogP contribution in [0.2, 0.25) is 0 Å². The molecule has 0 saturated carbocycles. The molecule has 0 amide bonds. The Kier molecular flexibility index (Phi) is 4.50. The molecular weight excluding hydrogens is 202 g/mol. The van der Waals surface area contributed by atoms with Gasteiger partial charge in [-0.3, -0.25) is 10.1 Å². The van der Waals surface area contributed by atoms with Crippen LogP contribution in [0.5, 0.6) is 0 Å². The summed E-state index contributed by atoms with van der Waals surface area (Å²) < 4.78 is 4.68. The molecule has 0 spiro atoms. The van der Waals surface area contributed by atoms with Crippen molar-refractivity contribution in [3.8, 4) is 0 Å². The second kappa shape index (κ2) is 5.66. The van der Waals surface area contributed by atoms with E-state index in [-0.39, 0.29) is 18.1 Å². The lowest BCUT2D eigenvalue weighted by atomic mass is 10.0. The van der Waals surface area contributed by atoms with Crippen LogP contribution in [0.3, 0.4) is 0 Å². The van der Waals surface area contributed by atoms with E-state index in [4.69, 9.17) is 0 Å². The van der Waals surface area contributed by atoms with Crippen molar-refractivity contribution in [2.45, 2.75) is 32.9 Å². The second-order valence-electron chi connectivity index (χ2n) is 3.99. The summed E-state index contributed by atoms with van der Waals surface area (Å²) in [5.74, 6) is -0.236. The van der Waals surface area contributed by atoms with Crippen molar-refractivity contribution >= 4 is 5.97 Å². The molecule has 0 aliphatic rings. The third-order valence-electron chi connectivity index (χ3n) is 2.71. The average molecular weight is 221 g/mol. The lowest BCUT2D eigenvalue weighted by molar-refractivity contribution is -0.142. The summed E-state index contributed by atoms with van der Waals surface area (Å²) in [5.41, 5.74) is 2.43. The van der Waals surface area contributed by atoms with E-state index in [2.05, 4.69) is 29.1 Å². The van der Waals surface area contributed by atoms with E-state index in [9.17, 15) is 4.79 Å². The Labute approximate surface area is 96.8 Å². The number of rotatable bonds is 4. The van der Waals surface area contributed by atoms with E-state index >= 15 is 0 Å². The zero-order chi connectivity index (χ0) is 12.1. The third kappa shape index (κ3) is 3.07. The van der Waals surface area contributed by atoms with Crippen molar-refractivity contribution < 1.29 is 9.53 Å². The number of ether oxygens (including phenoxy) is 1. The molecule has 0 fully saturated rings. The minimum atomic E-state index is -0.292. The van der Waals surface area contributed by atoms with Crippen LogP contribution < -0.4 is 5.32 Å². The molecule has 0 radical (unpaired) electrons. The quantitative estimate of drug-likeness (QED) is 0.792. The standard InChI is InChI=1S/C13H19NO2/c1-9-7-5-6-8-12(9)10(2)14-11(3)13(15)16-4/h5-8,10-11,14H,1-4H3/t10?,11-/m0/s1. The largest absolute Gasteiger partial charge is 0.468 e. The molecule has 1 aromatic rings. The summed E-state index contributed by atoms with van der Waals surface area (Å²) in [6.07, 6.45) is 0. The molecule has 3 nitrogen and oxygen atoms in total. The third-order valence-corrected chi connectivity index (χ3v) is 2.71. The predicted octanol–water partition coefficient (Wildman–Crippen LogP) is 2.21. The SMILES string of the molecule is COC(=O)[C@H](C)NC(C)c1ccccc1C. The predicted molar refractivity (Wildman–Crippen MR) is 64.2 cm³/mol. The first-order valence-electron chi connectivity index (χ1n) is 5.45. The monoisotopic (exact) mass is 221 g/mol. The van der Waals surface area contributed by atoms with Crippen molar-refractivity contribution in [3.63, 3.8) is 0 Å². The van der Waals surface area contributed by atoms with Gasteiger partial charge in [0, 0.05) is 6.04 Å². The Balaban J connectivity index is 2.69. The molecule has 0 heterocycles. The summed E-state index contributed by atoms with van der Waals surface area (Å²) >= 11 is 0. The van der Waals surface area contributed by atoms with Crippen LogP contribution in [0.15, 0.2) is 24.3 Å². The Morgan fingerprint density at radius 1 is 1.31 bits per heavy atom. The van der Waals surface area contributed by atoms with Gasteiger partial charge < -0.3 is 4.74 Å². The van der Waals surface area contributed by atoms with Gasteiger partial charge in [0.1, 0.15) is 6.04 Å². The number of carbonyl (C=O) groups is 1. The number of nitrogens with one attached hydrogen (secondary N) is 1. The van der Waals surface area contributed by atoms with Gasteiger partial charge in [-0.2, -0.15) is 0 Å². The van der Waals surface area contributed by atoms with Crippen LogP contribution in [-0.2, 0) is 9.53 Å². The van der Waals surface area contributed by atoms with Gasteiger partial charge in [-0.1, -0.05) is 24.3 Å². The Morgan fingerprint density at radius 3 is 2.50 bits per heavy atom. The lowest BCUT2D eigenvalue weighted by Crippen LogP contribution is -2.36. The molecule has 0 aromatic heterocycles. The van der Waals surface area contributed by atoms with Gasteiger partial charge in [0.25, 0.3) is 0 Å². The first-order chi connectivity index (χ1) is 7.56. The molecule has 0 aliphatic carbocycles. The molecule has 16 heavy (non-hydrogen) atoms. The number of aryl methyl sites for hydroxylation is 1. The molecular formula is C13H19NO2. The van der Waals surface area contributed by atoms with Crippen LogP contribution in [0.25, 0.3) is 0 Å². The normalized spacial score (nSPS) is 14.2. The molecule has 0 saturated heterocycles. The van der Waals surface area contributed by atoms with E-state index in [1.165, 1.54) is 18.2 Å². The summed E-state index contributed by atoms with van der Waals surface area (Å²) in [5, 5.41) is 3.21. The highest BCUT2D eigenvalue weighted by Gasteiger charge is 2.16. The van der Waals surface area contributed by atoms with Crippen molar-refractivity contribution in [2.24, 2.45) is 0 Å². The van der Waals surface area contributed by atoms with Crippen LogP contribution in [0.1, 0.15) is 31.0 Å². The summed E-state index contributed by atoms with van der Waals surface area (Å²) in [6.45, 7) is 5.92. The first kappa shape index (κ1) is 12.7. The van der Waals surface area contributed by atoms with Gasteiger partial charge in [0.15, 0.2) is 0 Å². The van der Waals surface area contributed by atoms with Gasteiger partial charge >= 0.3 is 5.97 Å². The number of hydrogen-bond acceptors (Lipinski definition) is 3. The fourth-order valence-electron chi connectivity index (χ4n) is 1.78. The molecule has 1 N–H and O–H groups in total. The summed E-state index contributed by atoms with van der Waals surface area (Å²) in [6, 6.07) is 7.99. The number of esters is 1. The molecule has 3 heteroatoms. The molecule has 1 aromatic carbocycles. The maximum atomic E-state index is 11.3. The molecule has 2 atom stereocenters. The molecule has 0 bridgehead atoms. The van der Waals surface area contributed by atoms with Crippen LogP contribution in [-0.4, -0.2) is 19.1 Å². The molecule has 1 rings (SSSR count). The average Bonchev–Trinajstić information content (AvgIpc) is 2.28. The minimum absolute atomic E-state index is 0.135. The zero-order valence-electron chi connectivity index (χ0n) is 10.3. The zero-order valence-corrected chi connectivity index (χ0v) is 10.3. The Bertz CT molecular complexity index is 363. The van der Waals surface area contributed by atoms with Gasteiger partial charge in [-0.05, 0) is 31.9 Å². The van der Waals surface area contributed by atoms with Gasteiger partial charge in [0.2, 0.25) is 0 Å². The van der Waals surface area contributed by atoms with Crippen molar-refractivity contribution in [1.29, 1.82) is 0 Å². The fourth-order valence-corrected chi connectivity index (χ4v) is 1.78. The smallest absolute Gasteiger partial charge is 0.322 e. The van der Waals surface area contributed by atoms with E-state index in [1.54, 1.807) is 6.92 Å². The Morgan fingerprint density at radius 2 is 1.94 bits per heavy atom. The number of benzene rings is 1. The van der Waals surface area contributed by atoms with E-state index < -0.39 is 0 Å². The maximum Gasteiger partial charge on any atom is 0.322 e. The van der Waals surface area contributed by atoms with Crippen LogP contribution >= 0.6 is 0 Å². The van der Waals surface area contributed by atoms with E-state index in [0.717, 1.165) is 0 Å². The highest BCUT2D eigenvalue weighted by molar-refractivity contribution is 5.75. The molecule has 88 valence electrons. The highest BCUT2D eigenvalue weighted by Crippen LogP contribution is 2.17. The fraction of sp³-hybridized carbons (Fsp3) is 0.462. The summed E-state index contributed by atoms with van der Waals surface area (Å²) in [4.78, 5) is 11.3.